The molecule has 0 aromatic rings. The minimum absolute atomic E-state index is 0.121. The maximum absolute atomic E-state index is 12.3. The molecule has 0 spiro atoms. The lowest BCUT2D eigenvalue weighted by Gasteiger charge is -2.38. The molecule has 0 aromatic heterocycles. The summed E-state index contributed by atoms with van der Waals surface area (Å²) < 4.78 is 0. The van der Waals surface area contributed by atoms with Crippen molar-refractivity contribution in [3.8, 4) is 0 Å². The Morgan fingerprint density at radius 1 is 0.806 bits per heavy atom. The monoisotopic (exact) mass is 526 g/mol. The summed E-state index contributed by atoms with van der Waals surface area (Å²) in [5.74, 6) is 0.942. The van der Waals surface area contributed by atoms with Gasteiger partial charge in [-0.25, -0.2) is 0 Å². The first-order valence-electron chi connectivity index (χ1n) is 15.3. The molecule has 1 rings (SSSR count). The highest BCUT2D eigenvalue weighted by Gasteiger charge is 2.36. The SMILES string of the molecule is CCCCCCCCCCCCCCCCCCCSCC(=O)NC1CCC(CN)(CC(=O)O)CC1. The summed E-state index contributed by atoms with van der Waals surface area (Å²) in [5, 5.41) is 12.3. The summed E-state index contributed by atoms with van der Waals surface area (Å²) >= 11 is 1.74. The minimum Gasteiger partial charge on any atom is -0.481 e. The number of nitrogens with one attached hydrogen (secondary N) is 1. The van der Waals surface area contributed by atoms with Crippen molar-refractivity contribution >= 4 is 23.6 Å². The molecule has 0 aliphatic heterocycles. The summed E-state index contributed by atoms with van der Waals surface area (Å²) in [4.78, 5) is 23.4. The first kappa shape index (κ1) is 33.3. The molecule has 0 atom stereocenters. The van der Waals surface area contributed by atoms with Crippen LogP contribution in [0.1, 0.15) is 148 Å². The van der Waals surface area contributed by atoms with Crippen molar-refractivity contribution < 1.29 is 14.7 Å². The van der Waals surface area contributed by atoms with E-state index in [0.29, 0.717) is 12.3 Å². The Balaban J connectivity index is 1.83. The zero-order valence-corrected chi connectivity index (χ0v) is 24.3. The van der Waals surface area contributed by atoms with Gasteiger partial charge < -0.3 is 16.2 Å². The predicted molar refractivity (Wildman–Crippen MR) is 156 cm³/mol. The predicted octanol–water partition coefficient (Wildman–Crippen LogP) is 7.85. The number of hydrogen-bond donors (Lipinski definition) is 3. The normalized spacial score (nSPS) is 19.9. The van der Waals surface area contributed by atoms with E-state index in [9.17, 15) is 9.59 Å². The number of carbonyl (C=O) groups is 2. The zero-order chi connectivity index (χ0) is 26.3. The Bertz CT molecular complexity index is 550. The molecule has 36 heavy (non-hydrogen) atoms. The van der Waals surface area contributed by atoms with Crippen molar-refractivity contribution in [2.75, 3.05) is 18.1 Å². The minimum atomic E-state index is -0.774. The molecule has 1 amide bonds. The number of rotatable bonds is 24. The second-order valence-electron chi connectivity index (χ2n) is 11.3. The third-order valence-corrected chi connectivity index (χ3v) is 9.04. The third-order valence-electron chi connectivity index (χ3n) is 8.00. The van der Waals surface area contributed by atoms with Crippen molar-refractivity contribution in [3.05, 3.63) is 0 Å². The first-order chi connectivity index (χ1) is 17.5. The van der Waals surface area contributed by atoms with Crippen LogP contribution in [0.5, 0.6) is 0 Å². The molecule has 4 N–H and O–H groups in total. The fraction of sp³-hybridized carbons (Fsp3) is 0.933. The Morgan fingerprint density at radius 2 is 1.25 bits per heavy atom. The second kappa shape index (κ2) is 22.3. The molecule has 5 nitrogen and oxygen atoms in total. The molecule has 1 aliphatic carbocycles. The molecule has 1 saturated carbocycles. The van der Waals surface area contributed by atoms with E-state index in [4.69, 9.17) is 10.8 Å². The third kappa shape index (κ3) is 17.7. The van der Waals surface area contributed by atoms with Crippen LogP contribution in [0, 0.1) is 5.41 Å². The molecule has 0 bridgehead atoms. The highest BCUT2D eigenvalue weighted by atomic mass is 32.2. The summed E-state index contributed by atoms with van der Waals surface area (Å²) in [5.41, 5.74) is 5.58. The van der Waals surface area contributed by atoms with Gasteiger partial charge in [0.25, 0.3) is 0 Å². The van der Waals surface area contributed by atoms with E-state index in [0.717, 1.165) is 31.4 Å². The first-order valence-corrected chi connectivity index (χ1v) is 16.5. The average Bonchev–Trinajstić information content (AvgIpc) is 2.86. The molecule has 0 unspecified atom stereocenters. The number of carboxylic acid groups (broad SMARTS) is 1. The van der Waals surface area contributed by atoms with Crippen molar-refractivity contribution in [2.24, 2.45) is 11.1 Å². The summed E-state index contributed by atoms with van der Waals surface area (Å²) in [6.45, 7) is 2.70. The Labute approximate surface area is 226 Å². The van der Waals surface area contributed by atoms with Gasteiger partial charge in [-0.3, -0.25) is 9.59 Å². The number of amides is 1. The molecular weight excluding hydrogens is 468 g/mol. The summed E-state index contributed by atoms with van der Waals surface area (Å²) in [7, 11) is 0. The maximum atomic E-state index is 12.3. The van der Waals surface area contributed by atoms with E-state index < -0.39 is 5.97 Å². The number of nitrogens with two attached hydrogens (primary N) is 1. The Morgan fingerprint density at radius 3 is 1.67 bits per heavy atom. The van der Waals surface area contributed by atoms with Crippen LogP contribution in [0.2, 0.25) is 0 Å². The van der Waals surface area contributed by atoms with Crippen LogP contribution in [0.4, 0.5) is 0 Å². The molecule has 0 aromatic carbocycles. The maximum Gasteiger partial charge on any atom is 0.303 e. The molecule has 1 fully saturated rings. The topological polar surface area (TPSA) is 92.4 Å². The van der Waals surface area contributed by atoms with Crippen molar-refractivity contribution in [2.45, 2.75) is 154 Å². The Kier molecular flexibility index (Phi) is 20.6. The number of carbonyl (C=O) groups excluding carboxylic acids is 1. The fourth-order valence-electron chi connectivity index (χ4n) is 5.51. The van der Waals surface area contributed by atoms with Gasteiger partial charge in [0.2, 0.25) is 5.91 Å². The van der Waals surface area contributed by atoms with Gasteiger partial charge in [0.15, 0.2) is 0 Å². The van der Waals surface area contributed by atoms with Gasteiger partial charge in [-0.05, 0) is 49.8 Å². The molecule has 212 valence electrons. The molecule has 0 saturated heterocycles. The van der Waals surface area contributed by atoms with Crippen LogP contribution in [0.15, 0.2) is 0 Å². The van der Waals surface area contributed by atoms with E-state index >= 15 is 0 Å². The summed E-state index contributed by atoms with van der Waals surface area (Å²) in [6, 6.07) is 0.173. The lowest BCUT2D eigenvalue weighted by Crippen LogP contribution is -2.44. The van der Waals surface area contributed by atoms with E-state index in [1.54, 1.807) is 11.8 Å². The molecule has 6 heteroatoms. The number of thioether (sulfide) groups is 1. The number of carboxylic acids is 1. The van der Waals surface area contributed by atoms with Gasteiger partial charge in [-0.1, -0.05) is 110 Å². The van der Waals surface area contributed by atoms with Crippen LogP contribution < -0.4 is 11.1 Å². The van der Waals surface area contributed by atoms with Crippen molar-refractivity contribution in [3.63, 3.8) is 0 Å². The lowest BCUT2D eigenvalue weighted by molar-refractivity contribution is -0.140. The quantitative estimate of drug-likeness (QED) is 0.111. The molecule has 0 heterocycles. The number of aliphatic carboxylic acids is 1. The zero-order valence-electron chi connectivity index (χ0n) is 23.5. The van der Waals surface area contributed by atoms with Gasteiger partial charge >= 0.3 is 5.97 Å². The smallest absolute Gasteiger partial charge is 0.303 e. The van der Waals surface area contributed by atoms with Gasteiger partial charge in [0.05, 0.1) is 12.2 Å². The lowest BCUT2D eigenvalue weighted by atomic mass is 9.70. The van der Waals surface area contributed by atoms with E-state index in [2.05, 4.69) is 12.2 Å². The average molecular weight is 527 g/mol. The van der Waals surface area contributed by atoms with Gasteiger partial charge in [-0.2, -0.15) is 11.8 Å². The van der Waals surface area contributed by atoms with E-state index in [-0.39, 0.29) is 23.8 Å². The van der Waals surface area contributed by atoms with Crippen LogP contribution >= 0.6 is 11.8 Å². The Hall–Kier alpha value is -0.750. The van der Waals surface area contributed by atoms with Crippen LogP contribution in [-0.4, -0.2) is 41.1 Å². The van der Waals surface area contributed by atoms with Crippen LogP contribution in [0.3, 0.4) is 0 Å². The fourth-order valence-corrected chi connectivity index (χ4v) is 6.33. The highest BCUT2D eigenvalue weighted by Crippen LogP contribution is 2.38. The van der Waals surface area contributed by atoms with Gasteiger partial charge in [0, 0.05) is 6.04 Å². The van der Waals surface area contributed by atoms with Crippen molar-refractivity contribution in [1.29, 1.82) is 0 Å². The largest absolute Gasteiger partial charge is 0.481 e. The molecular formula is C30H58N2O3S. The standard InChI is InChI=1S/C30H58N2O3S/c1-2-3-4-5-6-7-8-9-10-11-12-13-14-15-16-17-18-23-36-25-28(33)32-27-19-21-30(26-31,22-20-27)24-29(34)35/h27H,2-26,31H2,1H3,(H,32,33)(H,34,35). The van der Waals surface area contributed by atoms with Crippen LogP contribution in [-0.2, 0) is 9.59 Å². The number of hydrogen-bond acceptors (Lipinski definition) is 4. The van der Waals surface area contributed by atoms with Crippen molar-refractivity contribution in [1.82, 2.24) is 5.32 Å². The molecule has 1 aliphatic rings. The van der Waals surface area contributed by atoms with Crippen LogP contribution in [0.25, 0.3) is 0 Å². The van der Waals surface area contributed by atoms with Gasteiger partial charge in [0.1, 0.15) is 0 Å². The van der Waals surface area contributed by atoms with Gasteiger partial charge in [-0.15, -0.1) is 0 Å². The second-order valence-corrected chi connectivity index (χ2v) is 12.4. The van der Waals surface area contributed by atoms with E-state index in [1.807, 2.05) is 0 Å². The summed E-state index contributed by atoms with van der Waals surface area (Å²) in [6.07, 6.45) is 27.0. The van der Waals surface area contributed by atoms with E-state index in [1.165, 1.54) is 109 Å². The highest BCUT2D eigenvalue weighted by molar-refractivity contribution is 7.99. The number of unbranched alkanes of at least 4 members (excludes halogenated alkanes) is 16. The molecule has 0 radical (unpaired) electrons.